The van der Waals surface area contributed by atoms with Crippen LogP contribution < -0.4 is 0 Å². The fourth-order valence-electron chi connectivity index (χ4n) is 2.53. The lowest BCUT2D eigenvalue weighted by Crippen LogP contribution is -2.33. The van der Waals surface area contributed by atoms with E-state index in [0.717, 1.165) is 19.3 Å². The van der Waals surface area contributed by atoms with Crippen LogP contribution in [0.5, 0.6) is 0 Å². The summed E-state index contributed by atoms with van der Waals surface area (Å²) >= 11 is 0. The highest BCUT2D eigenvalue weighted by atomic mass is 16.5. The number of nitrogens with zero attached hydrogens (tertiary/aromatic N) is 4. The smallest absolute Gasteiger partial charge is 0.246 e. The van der Waals surface area contributed by atoms with Crippen molar-refractivity contribution in [2.75, 3.05) is 7.05 Å². The van der Waals surface area contributed by atoms with E-state index in [9.17, 15) is 4.79 Å². The Morgan fingerprint density at radius 1 is 1.41 bits per heavy atom. The molecule has 1 aliphatic rings. The second kappa shape index (κ2) is 6.51. The molecule has 0 N–H and O–H groups in total. The van der Waals surface area contributed by atoms with Crippen molar-refractivity contribution < 1.29 is 9.32 Å². The Morgan fingerprint density at radius 2 is 2.32 bits per heavy atom. The van der Waals surface area contributed by atoms with Crippen LogP contribution in [0.4, 0.5) is 0 Å². The summed E-state index contributed by atoms with van der Waals surface area (Å²) < 4.78 is 5.22. The van der Waals surface area contributed by atoms with Gasteiger partial charge in [0.2, 0.25) is 17.6 Å². The average Bonchev–Trinajstić information content (AvgIpc) is 3.04. The minimum atomic E-state index is 0.0631. The molecule has 22 heavy (non-hydrogen) atoms. The molecule has 114 valence electrons. The van der Waals surface area contributed by atoms with Gasteiger partial charge < -0.3 is 9.42 Å². The molecule has 0 aromatic carbocycles. The molecule has 0 saturated carbocycles. The number of aromatic nitrogens is 3. The van der Waals surface area contributed by atoms with Gasteiger partial charge in [0.15, 0.2) is 0 Å². The first-order chi connectivity index (χ1) is 10.7. The normalized spacial score (nSPS) is 17.4. The van der Waals surface area contributed by atoms with Crippen LogP contribution in [0.15, 0.2) is 41.1 Å². The summed E-state index contributed by atoms with van der Waals surface area (Å²) in [5, 5.41) is 3.91. The van der Waals surface area contributed by atoms with Gasteiger partial charge in [-0.3, -0.25) is 9.78 Å². The number of amides is 1. The number of carbonyl (C=O) groups excluding carboxylic acids is 1. The van der Waals surface area contributed by atoms with Gasteiger partial charge in [0.1, 0.15) is 5.69 Å². The van der Waals surface area contributed by atoms with E-state index in [1.165, 1.54) is 0 Å². The highest BCUT2D eigenvalue weighted by Crippen LogP contribution is 2.21. The molecule has 6 heteroatoms. The molecule has 1 atom stereocenters. The Kier molecular flexibility index (Phi) is 4.27. The average molecular weight is 298 g/mol. The van der Waals surface area contributed by atoms with Crippen LogP contribution >= 0.6 is 0 Å². The van der Waals surface area contributed by atoms with Crippen molar-refractivity contribution in [3.8, 4) is 11.5 Å². The highest BCUT2D eigenvalue weighted by molar-refractivity contribution is 5.78. The number of carbonyl (C=O) groups is 1. The predicted octanol–water partition coefficient (Wildman–Crippen LogP) is 2.45. The van der Waals surface area contributed by atoms with Crippen LogP contribution in [0.3, 0.4) is 0 Å². The Hall–Kier alpha value is -2.50. The van der Waals surface area contributed by atoms with Gasteiger partial charge in [-0.15, -0.1) is 0 Å². The van der Waals surface area contributed by atoms with E-state index in [1.807, 2.05) is 18.2 Å². The molecule has 1 amide bonds. The van der Waals surface area contributed by atoms with Gasteiger partial charge in [0, 0.05) is 19.2 Å². The van der Waals surface area contributed by atoms with Crippen molar-refractivity contribution in [1.29, 1.82) is 0 Å². The summed E-state index contributed by atoms with van der Waals surface area (Å²) in [6.45, 7) is 0.318. The standard InChI is InChI=1S/C16H18N4O2/c1-20(16(21)12-7-3-2-4-8-12)11-14-18-15(19-22-14)13-9-5-6-10-17-13/h2-3,5-6,9-10,12H,4,7-8,11H2,1H3/t12-/m0/s1. The maximum Gasteiger partial charge on any atom is 0.246 e. The van der Waals surface area contributed by atoms with E-state index in [-0.39, 0.29) is 11.8 Å². The van der Waals surface area contributed by atoms with Gasteiger partial charge in [0.25, 0.3) is 0 Å². The summed E-state index contributed by atoms with van der Waals surface area (Å²) in [5.74, 6) is 1.05. The topological polar surface area (TPSA) is 72.1 Å². The summed E-state index contributed by atoms with van der Waals surface area (Å²) in [6.07, 6.45) is 8.56. The third-order valence-corrected chi connectivity index (χ3v) is 3.73. The number of hydrogen-bond donors (Lipinski definition) is 0. The van der Waals surface area contributed by atoms with E-state index in [4.69, 9.17) is 4.52 Å². The first kappa shape index (κ1) is 14.4. The zero-order valence-corrected chi connectivity index (χ0v) is 12.5. The Bertz CT molecular complexity index is 666. The molecule has 2 aromatic rings. The van der Waals surface area contributed by atoms with Gasteiger partial charge in [-0.2, -0.15) is 4.98 Å². The molecule has 0 bridgehead atoms. The van der Waals surface area contributed by atoms with Crippen LogP contribution in [0, 0.1) is 5.92 Å². The molecular weight excluding hydrogens is 280 g/mol. The second-order valence-corrected chi connectivity index (χ2v) is 5.40. The summed E-state index contributed by atoms with van der Waals surface area (Å²) in [4.78, 5) is 22.5. The Morgan fingerprint density at radius 3 is 3.05 bits per heavy atom. The van der Waals surface area contributed by atoms with Gasteiger partial charge in [0.05, 0.1) is 6.54 Å². The van der Waals surface area contributed by atoms with E-state index < -0.39 is 0 Å². The quantitative estimate of drug-likeness (QED) is 0.811. The SMILES string of the molecule is CN(Cc1nc(-c2ccccn2)no1)C(=O)[C@H]1CC=CCC1. The predicted molar refractivity (Wildman–Crippen MR) is 80.5 cm³/mol. The largest absolute Gasteiger partial charge is 0.337 e. The van der Waals surface area contributed by atoms with Crippen LogP contribution in [-0.4, -0.2) is 33.0 Å². The lowest BCUT2D eigenvalue weighted by Gasteiger charge is -2.23. The van der Waals surface area contributed by atoms with Crippen molar-refractivity contribution in [2.45, 2.75) is 25.8 Å². The van der Waals surface area contributed by atoms with Gasteiger partial charge in [-0.1, -0.05) is 23.4 Å². The highest BCUT2D eigenvalue weighted by Gasteiger charge is 2.23. The lowest BCUT2D eigenvalue weighted by atomic mass is 9.93. The number of allylic oxidation sites excluding steroid dienone is 2. The molecule has 0 aliphatic heterocycles. The molecule has 2 heterocycles. The number of pyridine rings is 1. The monoisotopic (exact) mass is 298 g/mol. The summed E-state index contributed by atoms with van der Waals surface area (Å²) in [7, 11) is 1.77. The van der Waals surface area contributed by atoms with Gasteiger partial charge in [-0.25, -0.2) is 0 Å². The molecule has 0 fully saturated rings. The molecular formula is C16H18N4O2. The minimum absolute atomic E-state index is 0.0631. The van der Waals surface area contributed by atoms with Gasteiger partial charge in [-0.05, 0) is 31.4 Å². The van der Waals surface area contributed by atoms with Crippen molar-refractivity contribution in [2.24, 2.45) is 5.92 Å². The van der Waals surface area contributed by atoms with Crippen LogP contribution in [-0.2, 0) is 11.3 Å². The van der Waals surface area contributed by atoms with Crippen molar-refractivity contribution in [1.82, 2.24) is 20.0 Å². The molecule has 0 unspecified atom stereocenters. The molecule has 0 saturated heterocycles. The van der Waals surface area contributed by atoms with Gasteiger partial charge >= 0.3 is 0 Å². The molecule has 3 rings (SSSR count). The first-order valence-corrected chi connectivity index (χ1v) is 7.38. The Balaban J connectivity index is 1.64. The minimum Gasteiger partial charge on any atom is -0.337 e. The molecule has 1 aliphatic carbocycles. The lowest BCUT2D eigenvalue weighted by molar-refractivity contribution is -0.135. The number of rotatable bonds is 4. The fourth-order valence-corrected chi connectivity index (χ4v) is 2.53. The zero-order chi connectivity index (χ0) is 15.4. The summed E-state index contributed by atoms with van der Waals surface area (Å²) in [6, 6.07) is 5.51. The maximum absolute atomic E-state index is 12.4. The second-order valence-electron chi connectivity index (χ2n) is 5.40. The van der Waals surface area contributed by atoms with E-state index in [2.05, 4.69) is 27.3 Å². The van der Waals surface area contributed by atoms with Crippen molar-refractivity contribution in [3.63, 3.8) is 0 Å². The van der Waals surface area contributed by atoms with Crippen LogP contribution in [0.1, 0.15) is 25.2 Å². The van der Waals surface area contributed by atoms with E-state index in [1.54, 1.807) is 18.1 Å². The van der Waals surface area contributed by atoms with Crippen molar-refractivity contribution in [3.05, 3.63) is 42.4 Å². The Labute approximate surface area is 128 Å². The maximum atomic E-state index is 12.4. The van der Waals surface area contributed by atoms with Crippen LogP contribution in [0.25, 0.3) is 11.5 Å². The molecule has 0 spiro atoms. The molecule has 2 aromatic heterocycles. The van der Waals surface area contributed by atoms with Crippen LogP contribution in [0.2, 0.25) is 0 Å². The molecule has 0 radical (unpaired) electrons. The molecule has 6 nitrogen and oxygen atoms in total. The summed E-state index contributed by atoms with van der Waals surface area (Å²) in [5.41, 5.74) is 0.656. The van der Waals surface area contributed by atoms with E-state index in [0.29, 0.717) is 24.0 Å². The van der Waals surface area contributed by atoms with E-state index >= 15 is 0 Å². The van der Waals surface area contributed by atoms with Crippen molar-refractivity contribution >= 4 is 5.91 Å². The zero-order valence-electron chi connectivity index (χ0n) is 12.5. The fraction of sp³-hybridized carbons (Fsp3) is 0.375. The third kappa shape index (κ3) is 3.21. The third-order valence-electron chi connectivity index (χ3n) is 3.73. The first-order valence-electron chi connectivity index (χ1n) is 7.38. The number of hydrogen-bond acceptors (Lipinski definition) is 5.